The average molecular weight is 170 g/mol. The Kier molecular flexibility index (Phi) is 4.04. The van der Waals surface area contributed by atoms with Crippen molar-refractivity contribution < 1.29 is 9.59 Å². The Labute approximate surface area is 72.0 Å². The standard InChI is InChI=1S/C8H14N2O2/c1-4-10(3)8(12)6(2)5-7(9)11/h5H,4H2,1-3H3,(H2,9,11)/b6-5+. The highest BCUT2D eigenvalue weighted by Gasteiger charge is 2.08. The van der Waals surface area contributed by atoms with Crippen LogP contribution in [-0.2, 0) is 9.59 Å². The number of hydrogen-bond acceptors (Lipinski definition) is 2. The molecule has 0 aromatic rings. The van der Waals surface area contributed by atoms with Gasteiger partial charge in [-0.3, -0.25) is 9.59 Å². The van der Waals surface area contributed by atoms with Crippen LogP contribution in [0.15, 0.2) is 11.6 Å². The second kappa shape index (κ2) is 4.54. The highest BCUT2D eigenvalue weighted by Crippen LogP contribution is 1.97. The van der Waals surface area contributed by atoms with Gasteiger partial charge in [0.25, 0.3) is 0 Å². The Morgan fingerprint density at radius 2 is 2.00 bits per heavy atom. The van der Waals surface area contributed by atoms with E-state index in [1.54, 1.807) is 14.0 Å². The molecule has 0 aliphatic rings. The van der Waals surface area contributed by atoms with Crippen LogP contribution in [0, 0.1) is 0 Å². The monoisotopic (exact) mass is 170 g/mol. The van der Waals surface area contributed by atoms with E-state index in [-0.39, 0.29) is 5.91 Å². The van der Waals surface area contributed by atoms with Gasteiger partial charge in [0.2, 0.25) is 11.8 Å². The first kappa shape index (κ1) is 10.7. The zero-order valence-electron chi connectivity index (χ0n) is 7.63. The van der Waals surface area contributed by atoms with E-state index >= 15 is 0 Å². The number of nitrogens with zero attached hydrogens (tertiary/aromatic N) is 1. The van der Waals surface area contributed by atoms with Crippen LogP contribution in [0.2, 0.25) is 0 Å². The quantitative estimate of drug-likeness (QED) is 0.601. The lowest BCUT2D eigenvalue weighted by atomic mass is 10.2. The van der Waals surface area contributed by atoms with Crippen LogP contribution in [0.4, 0.5) is 0 Å². The molecule has 0 aromatic carbocycles. The molecule has 0 unspecified atom stereocenters. The third-order valence-corrected chi connectivity index (χ3v) is 1.52. The van der Waals surface area contributed by atoms with Gasteiger partial charge in [0.05, 0.1) is 0 Å². The normalized spacial score (nSPS) is 11.1. The summed E-state index contributed by atoms with van der Waals surface area (Å²) < 4.78 is 0. The molecule has 0 rings (SSSR count). The highest BCUT2D eigenvalue weighted by molar-refractivity contribution is 5.99. The molecule has 4 nitrogen and oxygen atoms in total. The average Bonchev–Trinajstić information content (AvgIpc) is 2.00. The Hall–Kier alpha value is -1.32. The van der Waals surface area contributed by atoms with Gasteiger partial charge in [-0.1, -0.05) is 0 Å². The summed E-state index contributed by atoms with van der Waals surface area (Å²) in [6, 6.07) is 0. The largest absolute Gasteiger partial charge is 0.366 e. The highest BCUT2D eigenvalue weighted by atomic mass is 16.2. The lowest BCUT2D eigenvalue weighted by molar-refractivity contribution is -0.126. The Morgan fingerprint density at radius 1 is 1.50 bits per heavy atom. The molecule has 0 aromatic heterocycles. The van der Waals surface area contributed by atoms with Gasteiger partial charge in [-0.15, -0.1) is 0 Å². The fourth-order valence-corrected chi connectivity index (χ4v) is 0.720. The van der Waals surface area contributed by atoms with Crippen molar-refractivity contribution in [2.75, 3.05) is 13.6 Å². The van der Waals surface area contributed by atoms with Crippen molar-refractivity contribution in [3.63, 3.8) is 0 Å². The summed E-state index contributed by atoms with van der Waals surface area (Å²) >= 11 is 0. The van der Waals surface area contributed by atoms with Crippen molar-refractivity contribution in [2.45, 2.75) is 13.8 Å². The molecule has 0 saturated carbocycles. The summed E-state index contributed by atoms with van der Waals surface area (Å²) in [4.78, 5) is 23.2. The van der Waals surface area contributed by atoms with Crippen molar-refractivity contribution in [3.8, 4) is 0 Å². The van der Waals surface area contributed by atoms with E-state index in [9.17, 15) is 9.59 Å². The number of carbonyl (C=O) groups is 2. The molecule has 0 spiro atoms. The second-order valence-electron chi connectivity index (χ2n) is 2.55. The first-order chi connectivity index (χ1) is 5.49. The molecule has 2 amide bonds. The van der Waals surface area contributed by atoms with E-state index in [0.717, 1.165) is 6.08 Å². The number of carbonyl (C=O) groups excluding carboxylic acids is 2. The van der Waals surface area contributed by atoms with Gasteiger partial charge in [0.1, 0.15) is 0 Å². The van der Waals surface area contributed by atoms with Crippen molar-refractivity contribution in [2.24, 2.45) is 5.73 Å². The summed E-state index contributed by atoms with van der Waals surface area (Å²) in [6.45, 7) is 4.04. The van der Waals surface area contributed by atoms with Gasteiger partial charge in [-0.2, -0.15) is 0 Å². The van der Waals surface area contributed by atoms with Crippen molar-refractivity contribution in [1.29, 1.82) is 0 Å². The fourth-order valence-electron chi connectivity index (χ4n) is 0.720. The van der Waals surface area contributed by atoms with Crippen molar-refractivity contribution in [3.05, 3.63) is 11.6 Å². The molecule has 2 N–H and O–H groups in total. The van der Waals surface area contributed by atoms with Crippen molar-refractivity contribution >= 4 is 11.8 Å². The Morgan fingerprint density at radius 3 is 2.33 bits per heavy atom. The third-order valence-electron chi connectivity index (χ3n) is 1.52. The van der Waals surface area contributed by atoms with E-state index in [4.69, 9.17) is 5.73 Å². The molecule has 0 bridgehead atoms. The van der Waals surface area contributed by atoms with E-state index in [1.165, 1.54) is 4.90 Å². The lowest BCUT2D eigenvalue weighted by Gasteiger charge is -2.13. The topological polar surface area (TPSA) is 63.4 Å². The van der Waals surface area contributed by atoms with Gasteiger partial charge in [-0.25, -0.2) is 0 Å². The van der Waals surface area contributed by atoms with Crippen LogP contribution in [-0.4, -0.2) is 30.3 Å². The maximum atomic E-state index is 11.3. The van der Waals surface area contributed by atoms with E-state index in [0.29, 0.717) is 12.1 Å². The number of likely N-dealkylation sites (N-methyl/N-ethyl adjacent to an activating group) is 1. The lowest BCUT2D eigenvalue weighted by Crippen LogP contribution is -2.27. The minimum Gasteiger partial charge on any atom is -0.366 e. The molecule has 0 saturated heterocycles. The molecule has 68 valence electrons. The number of amides is 2. The SMILES string of the molecule is CCN(C)C(=O)/C(C)=C/C(N)=O. The molecule has 0 radical (unpaired) electrons. The predicted molar refractivity (Wildman–Crippen MR) is 46.3 cm³/mol. The minimum atomic E-state index is -0.592. The van der Waals surface area contributed by atoms with E-state index in [2.05, 4.69) is 0 Å². The van der Waals surface area contributed by atoms with Crippen LogP contribution in [0.25, 0.3) is 0 Å². The van der Waals surface area contributed by atoms with Gasteiger partial charge in [0.15, 0.2) is 0 Å². The van der Waals surface area contributed by atoms with Crippen LogP contribution in [0.3, 0.4) is 0 Å². The first-order valence-corrected chi connectivity index (χ1v) is 3.72. The zero-order valence-corrected chi connectivity index (χ0v) is 7.63. The first-order valence-electron chi connectivity index (χ1n) is 3.72. The van der Waals surface area contributed by atoms with Crippen LogP contribution >= 0.6 is 0 Å². The summed E-state index contributed by atoms with van der Waals surface area (Å²) in [7, 11) is 1.67. The minimum absolute atomic E-state index is 0.170. The summed E-state index contributed by atoms with van der Waals surface area (Å²) in [5.74, 6) is -0.762. The summed E-state index contributed by atoms with van der Waals surface area (Å²) in [5.41, 5.74) is 5.25. The van der Waals surface area contributed by atoms with Crippen LogP contribution < -0.4 is 5.73 Å². The number of rotatable bonds is 3. The van der Waals surface area contributed by atoms with Crippen LogP contribution in [0.1, 0.15) is 13.8 Å². The molecule has 0 aliphatic heterocycles. The molecule has 0 atom stereocenters. The smallest absolute Gasteiger partial charge is 0.249 e. The maximum absolute atomic E-state index is 11.3. The zero-order chi connectivity index (χ0) is 9.72. The summed E-state index contributed by atoms with van der Waals surface area (Å²) in [6.07, 6.45) is 1.13. The van der Waals surface area contributed by atoms with Gasteiger partial charge >= 0.3 is 0 Å². The van der Waals surface area contributed by atoms with E-state index in [1.807, 2.05) is 6.92 Å². The number of nitrogens with two attached hydrogens (primary N) is 1. The maximum Gasteiger partial charge on any atom is 0.249 e. The number of hydrogen-bond donors (Lipinski definition) is 1. The Balaban J connectivity index is 4.39. The molecule has 0 aliphatic carbocycles. The van der Waals surface area contributed by atoms with E-state index < -0.39 is 5.91 Å². The van der Waals surface area contributed by atoms with Gasteiger partial charge < -0.3 is 10.6 Å². The Bertz CT molecular complexity index is 221. The molecule has 4 heteroatoms. The molecule has 0 fully saturated rings. The predicted octanol–water partition coefficient (Wildman–Crippen LogP) is -0.104. The molecule has 0 heterocycles. The molecular formula is C8H14N2O2. The molecular weight excluding hydrogens is 156 g/mol. The fraction of sp³-hybridized carbons (Fsp3) is 0.500. The third kappa shape index (κ3) is 3.18. The van der Waals surface area contributed by atoms with Crippen molar-refractivity contribution in [1.82, 2.24) is 4.90 Å². The number of primary amides is 1. The van der Waals surface area contributed by atoms with Gasteiger partial charge in [0, 0.05) is 25.2 Å². The molecule has 12 heavy (non-hydrogen) atoms. The summed E-state index contributed by atoms with van der Waals surface area (Å²) in [5, 5.41) is 0. The van der Waals surface area contributed by atoms with Gasteiger partial charge in [-0.05, 0) is 13.8 Å². The second-order valence-corrected chi connectivity index (χ2v) is 2.55. The van der Waals surface area contributed by atoms with Crippen LogP contribution in [0.5, 0.6) is 0 Å².